The van der Waals surface area contributed by atoms with Gasteiger partial charge in [-0.05, 0) is 23.8 Å². The van der Waals surface area contributed by atoms with Crippen molar-refractivity contribution in [1.29, 1.82) is 0 Å². The number of nitrogens with zero attached hydrogens (tertiary/aromatic N) is 2. The monoisotopic (exact) mass is 392 g/mol. The summed E-state index contributed by atoms with van der Waals surface area (Å²) < 4.78 is 5.25. The third-order valence-corrected chi connectivity index (χ3v) is 4.72. The number of morpholine rings is 1. The van der Waals surface area contributed by atoms with Crippen LogP contribution >= 0.6 is 0 Å². The molecule has 2 amide bonds. The fourth-order valence-corrected chi connectivity index (χ4v) is 3.21. The van der Waals surface area contributed by atoms with E-state index in [0.29, 0.717) is 48.9 Å². The first-order valence-corrected chi connectivity index (χ1v) is 9.24. The van der Waals surface area contributed by atoms with Gasteiger partial charge in [0.25, 0.3) is 0 Å². The van der Waals surface area contributed by atoms with Crippen molar-refractivity contribution in [2.24, 2.45) is 0 Å². The third kappa shape index (κ3) is 4.12. The van der Waals surface area contributed by atoms with Crippen LogP contribution in [0.15, 0.2) is 48.7 Å². The molecule has 8 nitrogen and oxygen atoms in total. The molecule has 1 saturated heterocycles. The highest BCUT2D eigenvalue weighted by molar-refractivity contribution is 6.21. The van der Waals surface area contributed by atoms with E-state index in [1.54, 1.807) is 47.5 Å². The molecule has 0 unspecified atom stereocenters. The van der Waals surface area contributed by atoms with Crippen LogP contribution in [0.25, 0.3) is 22.7 Å². The van der Waals surface area contributed by atoms with Crippen molar-refractivity contribution in [1.82, 2.24) is 14.9 Å². The second-order valence-corrected chi connectivity index (χ2v) is 6.60. The van der Waals surface area contributed by atoms with E-state index in [-0.39, 0.29) is 11.6 Å². The quantitative estimate of drug-likeness (QED) is 0.592. The van der Waals surface area contributed by atoms with Gasteiger partial charge in [-0.3, -0.25) is 5.32 Å². The largest absolute Gasteiger partial charge is 0.478 e. The molecule has 3 heterocycles. The highest BCUT2D eigenvalue weighted by Crippen LogP contribution is 2.25. The van der Waals surface area contributed by atoms with Crippen molar-refractivity contribution in [3.8, 4) is 0 Å². The Morgan fingerprint density at radius 2 is 1.90 bits per heavy atom. The smallest absolute Gasteiger partial charge is 0.336 e. The van der Waals surface area contributed by atoms with Crippen molar-refractivity contribution in [3.63, 3.8) is 0 Å². The zero-order valence-corrected chi connectivity index (χ0v) is 15.6. The molecule has 0 aliphatic carbocycles. The number of hydrogen-bond donors (Lipinski definition) is 3. The summed E-state index contributed by atoms with van der Waals surface area (Å²) in [6, 6.07) is 12.2. The molecule has 0 spiro atoms. The van der Waals surface area contributed by atoms with Crippen LogP contribution in [0.1, 0.15) is 11.1 Å². The number of amides is 2. The maximum absolute atomic E-state index is 12.3. The van der Waals surface area contributed by atoms with Crippen LogP contribution in [0, 0.1) is 0 Å². The molecular formula is C21H20N4O4. The second kappa shape index (κ2) is 8.15. The van der Waals surface area contributed by atoms with Crippen LogP contribution in [-0.2, 0) is 9.53 Å². The number of carbonyl (C=O) groups is 2. The average molecular weight is 392 g/mol. The molecule has 0 bridgehead atoms. The minimum absolute atomic E-state index is 0.191. The Kier molecular flexibility index (Phi) is 5.26. The fraction of sp³-hybridized carbons (Fsp3) is 0.190. The molecule has 4 rings (SSSR count). The van der Waals surface area contributed by atoms with E-state index in [1.807, 2.05) is 12.1 Å². The number of carboxylic acids is 1. The lowest BCUT2D eigenvalue weighted by molar-refractivity contribution is -0.130. The number of aromatic nitrogens is 2. The number of carbonyl (C=O) groups excluding carboxylic acids is 1. The third-order valence-electron chi connectivity index (χ3n) is 4.72. The Bertz CT molecular complexity index is 1070. The molecule has 3 aromatic rings. The highest BCUT2D eigenvalue weighted by Gasteiger charge is 2.18. The summed E-state index contributed by atoms with van der Waals surface area (Å²) in [5.41, 5.74) is 2.08. The SMILES string of the molecule is O=C(O)/C(=C/c1c[nH]c2nc(NC(=O)N3CCOCC3)ccc12)c1ccccc1. The molecule has 1 fully saturated rings. The van der Waals surface area contributed by atoms with E-state index in [4.69, 9.17) is 4.74 Å². The Morgan fingerprint density at radius 1 is 1.14 bits per heavy atom. The van der Waals surface area contributed by atoms with E-state index in [0.717, 1.165) is 5.39 Å². The molecule has 3 N–H and O–H groups in total. The summed E-state index contributed by atoms with van der Waals surface area (Å²) >= 11 is 0. The molecule has 1 aliphatic rings. The van der Waals surface area contributed by atoms with Gasteiger partial charge >= 0.3 is 12.0 Å². The van der Waals surface area contributed by atoms with Crippen molar-refractivity contribution in [2.75, 3.05) is 31.6 Å². The molecule has 1 aromatic carbocycles. The predicted octanol–water partition coefficient (Wildman–Crippen LogP) is 3.05. The van der Waals surface area contributed by atoms with E-state index >= 15 is 0 Å². The van der Waals surface area contributed by atoms with E-state index in [2.05, 4.69) is 15.3 Å². The van der Waals surface area contributed by atoms with E-state index < -0.39 is 5.97 Å². The maximum Gasteiger partial charge on any atom is 0.336 e. The van der Waals surface area contributed by atoms with Gasteiger partial charge in [0.05, 0.1) is 18.8 Å². The van der Waals surface area contributed by atoms with Gasteiger partial charge in [0, 0.05) is 30.2 Å². The zero-order valence-electron chi connectivity index (χ0n) is 15.6. The lowest BCUT2D eigenvalue weighted by Crippen LogP contribution is -2.43. The number of carboxylic acid groups (broad SMARTS) is 1. The summed E-state index contributed by atoms with van der Waals surface area (Å²) in [5.74, 6) is -0.583. The molecule has 0 radical (unpaired) electrons. The number of pyridine rings is 1. The van der Waals surface area contributed by atoms with Crippen LogP contribution < -0.4 is 5.32 Å². The molecule has 29 heavy (non-hydrogen) atoms. The topological polar surface area (TPSA) is 108 Å². The number of hydrogen-bond acceptors (Lipinski definition) is 4. The normalized spacial score (nSPS) is 14.8. The summed E-state index contributed by atoms with van der Waals surface area (Å²) in [5, 5.41) is 13.2. The zero-order chi connectivity index (χ0) is 20.2. The van der Waals surface area contributed by atoms with Gasteiger partial charge in [-0.15, -0.1) is 0 Å². The first-order valence-electron chi connectivity index (χ1n) is 9.24. The first-order chi connectivity index (χ1) is 14.1. The van der Waals surface area contributed by atoms with Crippen LogP contribution in [0.4, 0.5) is 10.6 Å². The van der Waals surface area contributed by atoms with Crippen LogP contribution in [0.5, 0.6) is 0 Å². The van der Waals surface area contributed by atoms with Crippen LogP contribution in [0.3, 0.4) is 0 Å². The fourth-order valence-electron chi connectivity index (χ4n) is 3.21. The number of ether oxygens (including phenoxy) is 1. The minimum atomic E-state index is -1.01. The average Bonchev–Trinajstić information content (AvgIpc) is 3.15. The van der Waals surface area contributed by atoms with Gasteiger partial charge in [-0.25, -0.2) is 14.6 Å². The first kappa shape index (κ1) is 18.7. The summed E-state index contributed by atoms with van der Waals surface area (Å²) in [7, 11) is 0. The molecule has 8 heteroatoms. The standard InChI is InChI=1S/C21H20N4O4/c26-20(27)17(14-4-2-1-3-5-14)12-15-13-22-19-16(15)6-7-18(23-19)24-21(28)25-8-10-29-11-9-25/h1-7,12-13H,8-11H2,(H,26,27)(H2,22,23,24,28)/b17-12+. The van der Waals surface area contributed by atoms with Crippen LogP contribution in [-0.4, -0.2) is 58.3 Å². The van der Waals surface area contributed by atoms with Gasteiger partial charge in [0.15, 0.2) is 0 Å². The van der Waals surface area contributed by atoms with Gasteiger partial charge in [-0.1, -0.05) is 30.3 Å². The Labute approximate surface area is 166 Å². The number of aromatic amines is 1. The maximum atomic E-state index is 12.3. The molecule has 2 aromatic heterocycles. The molecule has 0 saturated carbocycles. The summed E-state index contributed by atoms with van der Waals surface area (Å²) in [6.45, 7) is 2.14. The number of H-pyrrole nitrogens is 1. The number of urea groups is 1. The summed E-state index contributed by atoms with van der Waals surface area (Å²) in [6.07, 6.45) is 3.32. The number of nitrogens with one attached hydrogen (secondary N) is 2. The van der Waals surface area contributed by atoms with Crippen molar-refractivity contribution in [3.05, 3.63) is 59.8 Å². The lowest BCUT2D eigenvalue weighted by Gasteiger charge is -2.26. The van der Waals surface area contributed by atoms with Crippen molar-refractivity contribution >= 4 is 40.5 Å². The molecule has 1 aliphatic heterocycles. The minimum Gasteiger partial charge on any atom is -0.478 e. The highest BCUT2D eigenvalue weighted by atomic mass is 16.5. The number of benzene rings is 1. The van der Waals surface area contributed by atoms with Crippen molar-refractivity contribution < 1.29 is 19.4 Å². The van der Waals surface area contributed by atoms with Gasteiger partial charge in [0.1, 0.15) is 11.5 Å². The van der Waals surface area contributed by atoms with Crippen molar-refractivity contribution in [2.45, 2.75) is 0 Å². The number of anilines is 1. The molecule has 148 valence electrons. The Morgan fingerprint density at radius 3 is 2.62 bits per heavy atom. The van der Waals surface area contributed by atoms with Crippen LogP contribution in [0.2, 0.25) is 0 Å². The molecular weight excluding hydrogens is 372 g/mol. The predicted molar refractivity (Wildman–Crippen MR) is 109 cm³/mol. The van der Waals surface area contributed by atoms with Gasteiger partial charge < -0.3 is 19.7 Å². The Hall–Kier alpha value is -3.65. The molecule has 0 atom stereocenters. The van der Waals surface area contributed by atoms with Gasteiger partial charge in [0.2, 0.25) is 0 Å². The second-order valence-electron chi connectivity index (χ2n) is 6.60. The Balaban J connectivity index is 1.59. The number of rotatable bonds is 4. The van der Waals surface area contributed by atoms with E-state index in [1.165, 1.54) is 0 Å². The summed E-state index contributed by atoms with van der Waals surface area (Å²) in [4.78, 5) is 33.2. The number of fused-ring (bicyclic) bond motifs is 1. The van der Waals surface area contributed by atoms with E-state index in [9.17, 15) is 14.7 Å². The lowest BCUT2D eigenvalue weighted by atomic mass is 10.0. The number of aliphatic carboxylic acids is 1. The van der Waals surface area contributed by atoms with Gasteiger partial charge in [-0.2, -0.15) is 0 Å².